The molecule has 1 aromatic rings. The van der Waals surface area contributed by atoms with Gasteiger partial charge in [-0.2, -0.15) is 0 Å². The topological polar surface area (TPSA) is 62.2 Å². The van der Waals surface area contributed by atoms with Crippen LogP contribution in [-0.4, -0.2) is 67.3 Å². The van der Waals surface area contributed by atoms with Gasteiger partial charge in [0, 0.05) is 49.7 Å². The predicted molar refractivity (Wildman–Crippen MR) is 100 cm³/mol. The third kappa shape index (κ3) is 3.50. The fourth-order valence-corrected chi connectivity index (χ4v) is 4.53. The summed E-state index contributed by atoms with van der Waals surface area (Å²) in [6.07, 6.45) is 0. The number of hydrogen-bond donors (Lipinski definition) is 1. The lowest BCUT2D eigenvalue weighted by Crippen LogP contribution is -2.40. The van der Waals surface area contributed by atoms with Crippen molar-refractivity contribution in [2.24, 2.45) is 11.3 Å². The van der Waals surface area contributed by atoms with Gasteiger partial charge in [0.15, 0.2) is 11.5 Å². The molecule has 2 aliphatic heterocycles. The Balaban J connectivity index is 1.79. The molecule has 0 aliphatic carbocycles. The maximum atomic E-state index is 12.0. The van der Waals surface area contributed by atoms with E-state index in [2.05, 4.69) is 9.80 Å². The second-order valence-corrected chi connectivity index (χ2v) is 7.69. The third-order valence-electron chi connectivity index (χ3n) is 5.38. The number of nitrogens with zero attached hydrogens (tertiary/aromatic N) is 2. The number of hydrogen-bond acceptors (Lipinski definition) is 5. The number of benzene rings is 1. The van der Waals surface area contributed by atoms with Crippen molar-refractivity contribution >= 4 is 17.6 Å². The lowest BCUT2D eigenvalue weighted by Gasteiger charge is -2.24. The molecule has 0 unspecified atom stereocenters. The van der Waals surface area contributed by atoms with Crippen molar-refractivity contribution in [1.82, 2.24) is 9.80 Å². The van der Waals surface area contributed by atoms with Gasteiger partial charge in [0.2, 0.25) is 0 Å². The molecular formula is C19H27ClN2O4. The number of ether oxygens (including phenoxy) is 2. The van der Waals surface area contributed by atoms with Crippen LogP contribution in [0.15, 0.2) is 12.1 Å². The van der Waals surface area contributed by atoms with E-state index in [0.717, 1.165) is 18.7 Å². The lowest BCUT2D eigenvalue weighted by atomic mass is 9.81. The SMILES string of the molecule is CCOc1cc(Cl)c(CN2C[C@@H]3CN(C)C[C@]3(C(=O)O)C2)cc1OCC. The molecule has 0 spiro atoms. The summed E-state index contributed by atoms with van der Waals surface area (Å²) < 4.78 is 11.3. The monoisotopic (exact) mass is 382 g/mol. The number of fused-ring (bicyclic) bond motifs is 1. The summed E-state index contributed by atoms with van der Waals surface area (Å²) in [7, 11) is 1.99. The first-order chi connectivity index (χ1) is 12.4. The highest BCUT2D eigenvalue weighted by Gasteiger charge is 2.56. The highest BCUT2D eigenvalue weighted by molar-refractivity contribution is 6.31. The van der Waals surface area contributed by atoms with Gasteiger partial charge in [-0.25, -0.2) is 0 Å². The van der Waals surface area contributed by atoms with Gasteiger partial charge < -0.3 is 19.5 Å². The Labute approximate surface area is 159 Å². The quantitative estimate of drug-likeness (QED) is 0.782. The fraction of sp³-hybridized carbons (Fsp3) is 0.632. The van der Waals surface area contributed by atoms with Crippen LogP contribution in [0.25, 0.3) is 0 Å². The van der Waals surface area contributed by atoms with Gasteiger partial charge in [-0.15, -0.1) is 0 Å². The van der Waals surface area contributed by atoms with Crippen molar-refractivity contribution in [3.8, 4) is 11.5 Å². The number of aliphatic carboxylic acids is 1. The van der Waals surface area contributed by atoms with Crippen LogP contribution in [0.5, 0.6) is 11.5 Å². The van der Waals surface area contributed by atoms with Crippen LogP contribution in [-0.2, 0) is 11.3 Å². The average Bonchev–Trinajstić information content (AvgIpc) is 3.05. The minimum atomic E-state index is -0.692. The third-order valence-corrected chi connectivity index (χ3v) is 5.73. The highest BCUT2D eigenvalue weighted by Crippen LogP contribution is 2.43. The zero-order chi connectivity index (χ0) is 18.9. The van der Waals surface area contributed by atoms with Crippen LogP contribution in [0.3, 0.4) is 0 Å². The normalized spacial score (nSPS) is 26.1. The van der Waals surface area contributed by atoms with Gasteiger partial charge in [-0.1, -0.05) is 11.6 Å². The van der Waals surface area contributed by atoms with Crippen molar-refractivity contribution < 1.29 is 19.4 Å². The standard InChI is InChI=1S/C19H27ClN2O4/c1-4-25-16-6-13(15(20)7-17(16)26-5-2)8-22-10-14-9-21(3)11-19(14,12-22)18(23)24/h6-7,14H,4-5,8-12H2,1-3H3,(H,23,24)/t14-,19-/m0/s1. The number of likely N-dealkylation sites (tertiary alicyclic amines) is 2. The Morgan fingerprint density at radius 3 is 2.46 bits per heavy atom. The summed E-state index contributed by atoms with van der Waals surface area (Å²) in [6, 6.07) is 3.72. The Hall–Kier alpha value is -1.50. The zero-order valence-electron chi connectivity index (χ0n) is 15.6. The second kappa shape index (κ2) is 7.62. The largest absolute Gasteiger partial charge is 0.490 e. The molecule has 0 saturated carbocycles. The van der Waals surface area contributed by atoms with Gasteiger partial charge in [0.05, 0.1) is 18.6 Å². The Bertz CT molecular complexity index is 684. The van der Waals surface area contributed by atoms with Crippen molar-refractivity contribution in [3.05, 3.63) is 22.7 Å². The molecule has 0 amide bonds. The van der Waals surface area contributed by atoms with E-state index in [0.29, 0.717) is 49.4 Å². The maximum absolute atomic E-state index is 12.0. The van der Waals surface area contributed by atoms with E-state index >= 15 is 0 Å². The van der Waals surface area contributed by atoms with E-state index in [1.165, 1.54) is 0 Å². The van der Waals surface area contributed by atoms with Gasteiger partial charge >= 0.3 is 5.97 Å². The summed E-state index contributed by atoms with van der Waals surface area (Å²) in [5.41, 5.74) is 0.266. The molecule has 2 fully saturated rings. The minimum absolute atomic E-state index is 0.151. The fourth-order valence-electron chi connectivity index (χ4n) is 4.32. The molecule has 7 heteroatoms. The molecule has 2 heterocycles. The summed E-state index contributed by atoms with van der Waals surface area (Å²) in [4.78, 5) is 16.3. The van der Waals surface area contributed by atoms with Gasteiger partial charge in [0.25, 0.3) is 0 Å². The Kier molecular flexibility index (Phi) is 5.65. The van der Waals surface area contributed by atoms with E-state index in [9.17, 15) is 9.90 Å². The molecule has 0 aromatic heterocycles. The summed E-state index contributed by atoms with van der Waals surface area (Å²) >= 11 is 6.47. The molecule has 2 atom stereocenters. The first-order valence-corrected chi connectivity index (χ1v) is 9.49. The lowest BCUT2D eigenvalue weighted by molar-refractivity contribution is -0.148. The van der Waals surface area contributed by atoms with Crippen LogP contribution >= 0.6 is 11.6 Å². The van der Waals surface area contributed by atoms with Gasteiger partial charge in [-0.3, -0.25) is 9.69 Å². The summed E-state index contributed by atoms with van der Waals surface area (Å²) in [6.45, 7) is 8.28. The number of carboxylic acid groups (broad SMARTS) is 1. The predicted octanol–water partition coefficient (Wildman–Crippen LogP) is 2.59. The van der Waals surface area contributed by atoms with Crippen LogP contribution in [0.2, 0.25) is 5.02 Å². The van der Waals surface area contributed by atoms with Crippen LogP contribution < -0.4 is 9.47 Å². The van der Waals surface area contributed by atoms with Crippen molar-refractivity contribution in [2.45, 2.75) is 20.4 Å². The van der Waals surface area contributed by atoms with E-state index in [4.69, 9.17) is 21.1 Å². The van der Waals surface area contributed by atoms with Crippen LogP contribution in [0, 0.1) is 11.3 Å². The molecule has 6 nitrogen and oxygen atoms in total. The van der Waals surface area contributed by atoms with E-state index in [1.807, 2.05) is 27.0 Å². The molecule has 3 rings (SSSR count). The van der Waals surface area contributed by atoms with Gasteiger partial charge in [0.1, 0.15) is 0 Å². The molecule has 1 N–H and O–H groups in total. The van der Waals surface area contributed by atoms with E-state index < -0.39 is 11.4 Å². The molecule has 26 heavy (non-hydrogen) atoms. The zero-order valence-corrected chi connectivity index (χ0v) is 16.4. The van der Waals surface area contributed by atoms with Crippen molar-refractivity contribution in [3.63, 3.8) is 0 Å². The van der Waals surface area contributed by atoms with Crippen LogP contribution in [0.1, 0.15) is 19.4 Å². The molecule has 0 bridgehead atoms. The molecule has 144 valence electrons. The average molecular weight is 383 g/mol. The number of carboxylic acids is 1. The van der Waals surface area contributed by atoms with Crippen LogP contribution in [0.4, 0.5) is 0 Å². The number of halogens is 1. The van der Waals surface area contributed by atoms with Crippen molar-refractivity contribution in [1.29, 1.82) is 0 Å². The van der Waals surface area contributed by atoms with E-state index in [1.54, 1.807) is 6.07 Å². The number of rotatable bonds is 7. The Morgan fingerprint density at radius 2 is 1.88 bits per heavy atom. The Morgan fingerprint density at radius 1 is 1.23 bits per heavy atom. The highest BCUT2D eigenvalue weighted by atomic mass is 35.5. The molecule has 1 aromatic carbocycles. The molecule has 0 radical (unpaired) electrons. The maximum Gasteiger partial charge on any atom is 0.312 e. The minimum Gasteiger partial charge on any atom is -0.490 e. The molecule has 2 saturated heterocycles. The molecule has 2 aliphatic rings. The summed E-state index contributed by atoms with van der Waals surface area (Å²) in [5.74, 6) is 0.783. The van der Waals surface area contributed by atoms with Gasteiger partial charge in [-0.05, 0) is 32.5 Å². The number of carbonyl (C=O) groups is 1. The smallest absolute Gasteiger partial charge is 0.312 e. The summed E-state index contributed by atoms with van der Waals surface area (Å²) in [5, 5.41) is 10.4. The first kappa shape index (κ1) is 19.3. The van der Waals surface area contributed by atoms with E-state index in [-0.39, 0.29) is 5.92 Å². The van der Waals surface area contributed by atoms with Crippen molar-refractivity contribution in [2.75, 3.05) is 46.4 Å². The molecular weight excluding hydrogens is 356 g/mol. The second-order valence-electron chi connectivity index (χ2n) is 7.28. The first-order valence-electron chi connectivity index (χ1n) is 9.12.